The van der Waals surface area contributed by atoms with Gasteiger partial charge >= 0.3 is 0 Å². The number of carbonyl (C=O) groups is 5. The lowest BCUT2D eigenvalue weighted by molar-refractivity contribution is -0.384. The van der Waals surface area contributed by atoms with Gasteiger partial charge in [0.1, 0.15) is 70.9 Å². The Bertz CT molecular complexity index is 7990. The second kappa shape index (κ2) is 46.3. The highest BCUT2D eigenvalue weighted by Crippen LogP contribution is 2.34. The smallest absolute Gasteiger partial charge is 0.269 e. The van der Waals surface area contributed by atoms with Crippen LogP contribution >= 0.6 is 11.3 Å². The first-order chi connectivity index (χ1) is 70.4. The summed E-state index contributed by atoms with van der Waals surface area (Å²) < 4.78 is 161. The molecule has 0 saturated carbocycles. The number of rotatable bonds is 27. The molecule has 146 heavy (non-hydrogen) atoms. The zero-order valence-electron chi connectivity index (χ0n) is 79.0. The SMILES string of the molecule is CC(C)(NC(=O)c1ccc2c(ccn2Cc2ccc(F)cc2F)c1)c1ccccc1.COCCNC(=O)c1ccc2c(ccn2Cc2ccc(F)cc2F)c1.C[C@@H](NC(=O)c1ccc2c(ccn2Cc2ccc(F)cc2F)c1)c1ccc([N+](=O)[O-])cc1.O=C(NCC1COc2ccccc2O1)c1ccc2c(ccn2Cc2ccc(F)cc2F)c1.O=C(NCc1cccs1)c1ccc2c(ccn2Cc2ccc(F)cc2F)c1. The van der Waals surface area contributed by atoms with Crippen LogP contribution in [0.4, 0.5) is 49.6 Å². The fourth-order valence-electron chi connectivity index (χ4n) is 16.6. The van der Waals surface area contributed by atoms with Crippen molar-refractivity contribution in [1.29, 1.82) is 0 Å². The van der Waals surface area contributed by atoms with Crippen molar-refractivity contribution in [1.82, 2.24) is 49.4 Å². The topological polar surface area (TPSA) is 241 Å². The van der Waals surface area contributed by atoms with E-state index in [2.05, 4.69) is 26.6 Å². The lowest BCUT2D eigenvalue weighted by atomic mass is 9.94. The molecule has 0 aliphatic carbocycles. The van der Waals surface area contributed by atoms with Crippen molar-refractivity contribution in [3.63, 3.8) is 0 Å². The molecule has 0 saturated heterocycles. The number of nitrogens with zero attached hydrogens (tertiary/aromatic N) is 6. The highest BCUT2D eigenvalue weighted by molar-refractivity contribution is 7.09. The van der Waals surface area contributed by atoms with Gasteiger partial charge in [0.25, 0.3) is 35.2 Å². The van der Waals surface area contributed by atoms with Crippen LogP contribution in [0.15, 0.2) is 340 Å². The van der Waals surface area contributed by atoms with E-state index in [0.717, 1.165) is 101 Å². The molecule has 1 aliphatic heterocycles. The van der Waals surface area contributed by atoms with Gasteiger partial charge in [-0.05, 0) is 207 Å². The van der Waals surface area contributed by atoms with Crippen LogP contribution in [0.2, 0.25) is 0 Å². The van der Waals surface area contributed by atoms with Gasteiger partial charge in [-0.1, -0.05) is 91.0 Å². The van der Waals surface area contributed by atoms with Gasteiger partial charge in [0, 0.05) is 202 Å². The van der Waals surface area contributed by atoms with Crippen LogP contribution in [0.3, 0.4) is 0 Å². The number of nitro benzene ring substituents is 1. The minimum atomic E-state index is -0.623. The Labute approximate surface area is 835 Å². The van der Waals surface area contributed by atoms with E-state index in [1.54, 1.807) is 98.3 Å². The Morgan fingerprint density at radius 1 is 0.411 bits per heavy atom. The number of non-ortho nitro benzene ring substituents is 1. The zero-order chi connectivity index (χ0) is 103. The number of fused-ring (bicyclic) bond motifs is 6. The summed E-state index contributed by atoms with van der Waals surface area (Å²) >= 11 is 1.60. The Morgan fingerprint density at radius 2 is 0.767 bits per heavy atom. The van der Waals surface area contributed by atoms with Crippen molar-refractivity contribution in [3.8, 4) is 11.5 Å². The molecule has 6 aromatic heterocycles. The molecule has 1 aliphatic rings. The molecule has 20 rings (SSSR count). The van der Waals surface area contributed by atoms with Crippen LogP contribution in [0.1, 0.15) is 122 Å². The van der Waals surface area contributed by atoms with E-state index < -0.39 is 68.6 Å². The van der Waals surface area contributed by atoms with Gasteiger partial charge in [-0.2, -0.15) is 0 Å². The van der Waals surface area contributed by atoms with Gasteiger partial charge in [0.2, 0.25) is 0 Å². The number of amides is 5. The molecule has 21 nitrogen and oxygen atoms in total. The molecule has 13 aromatic carbocycles. The summed E-state index contributed by atoms with van der Waals surface area (Å²) in [5.41, 5.74) is 10.2. The Hall–Kier alpha value is -17.1. The molecule has 7 heterocycles. The molecule has 2 atom stereocenters. The summed E-state index contributed by atoms with van der Waals surface area (Å²) in [5.74, 6) is -5.52. The minimum absolute atomic E-state index is 0.0113. The number of hydrogen-bond acceptors (Lipinski definition) is 11. The number of aromatic nitrogens is 5. The standard InChI is InChI=1S/C25H20F2N2O3.C25H22F2N2O.C24H19F2N3O3.C21H16F2N2OS.C19H18F2N2O2/c26-19-7-5-18(21(27)12-19)14-29-10-9-16-11-17(6-8-22(16)29)25(30)28-13-20-15-31-23-3-1-2-4-24(23)32-20;1-25(2,20-6-4-3-5-7-20)28-24(30)18-9-11-23-17(14-18)12-13-29(23)16-19-8-10-21(26)15-22(19)27;1-15(16-3-7-21(8-4-16)29(31)32)27-24(30)18-5-9-23-17(12-18)10-11-28(23)14-19-2-6-20(25)13-22(19)26;22-17-5-3-16(19(23)11-17)13-25-8-7-14-10-15(4-6-20(14)25)21(26)24-12-18-2-1-9-27-18;1-25-9-7-22-19(24)14-3-5-18-13(10-14)6-8-23(18)12-15-2-4-16(20)11-17(15)21/h1-12,20H,13-15H2,(H,28,30);3-15H,16H2,1-2H3,(H,28,30);2-13,15H,14H2,1H3,(H,27,30);1-11H,12-13H2,(H,24,26);2-6,8,10-11H,7,9,12H2,1H3,(H,22,24)/t;;15-;;/m..1../s1. The molecule has 0 fully saturated rings. The van der Waals surface area contributed by atoms with Gasteiger partial charge in [-0.25, -0.2) is 43.9 Å². The monoisotopic (exact) mass is 2000 g/mol. The van der Waals surface area contributed by atoms with Crippen molar-refractivity contribution in [3.05, 3.63) is 480 Å². The van der Waals surface area contributed by atoms with Crippen molar-refractivity contribution >= 4 is 101 Å². The summed E-state index contributed by atoms with van der Waals surface area (Å²) in [4.78, 5) is 74.1. The summed E-state index contributed by atoms with van der Waals surface area (Å²) in [6, 6.07) is 80.6. The Morgan fingerprint density at radius 3 is 1.13 bits per heavy atom. The number of para-hydroxylation sites is 2. The average Bonchev–Trinajstić information content (AvgIpc) is 1.55. The van der Waals surface area contributed by atoms with Crippen molar-refractivity contribution in [2.75, 3.05) is 33.4 Å². The predicted molar refractivity (Wildman–Crippen MR) is 541 cm³/mol. The first kappa shape index (κ1) is 102. The van der Waals surface area contributed by atoms with Crippen LogP contribution in [0.5, 0.6) is 11.5 Å². The zero-order valence-corrected chi connectivity index (χ0v) is 79.8. The third-order valence-electron chi connectivity index (χ3n) is 24.5. The molecule has 5 N–H and O–H groups in total. The number of halogens is 10. The molecule has 0 bridgehead atoms. The number of nitro groups is 1. The molecular weight excluding hydrogens is 1910 g/mol. The molecule has 32 heteroatoms. The van der Waals surface area contributed by atoms with E-state index in [1.807, 2.05) is 200 Å². The Balaban J connectivity index is 0.000000131. The van der Waals surface area contributed by atoms with Crippen LogP contribution in [0, 0.1) is 68.3 Å². The van der Waals surface area contributed by atoms with Crippen molar-refractivity contribution in [2.45, 2.75) is 77.7 Å². The maximum atomic E-state index is 14.0. The van der Waals surface area contributed by atoms with Gasteiger partial charge in [-0.15, -0.1) is 11.3 Å². The second-order valence-electron chi connectivity index (χ2n) is 35.0. The maximum absolute atomic E-state index is 14.0. The van der Waals surface area contributed by atoms with Crippen molar-refractivity contribution in [2.24, 2.45) is 0 Å². The molecule has 742 valence electrons. The fourth-order valence-corrected chi connectivity index (χ4v) is 17.3. The largest absolute Gasteiger partial charge is 0.486 e. The fraction of sp³-hybridized carbons (Fsp3) is 0.149. The van der Waals surface area contributed by atoms with E-state index in [1.165, 1.54) is 72.8 Å². The molecule has 1 unspecified atom stereocenters. The number of benzene rings is 13. The number of carbonyl (C=O) groups excluding carboxylic acids is 5. The number of ether oxygens (including phenoxy) is 3. The van der Waals surface area contributed by atoms with Crippen LogP contribution in [-0.2, 0) is 49.5 Å². The van der Waals surface area contributed by atoms with E-state index >= 15 is 0 Å². The van der Waals surface area contributed by atoms with Gasteiger partial charge in [0.05, 0.1) is 68.9 Å². The van der Waals surface area contributed by atoms with Gasteiger partial charge < -0.3 is 63.6 Å². The summed E-state index contributed by atoms with van der Waals surface area (Å²) in [5, 5.41) is 31.6. The quantitative estimate of drug-likeness (QED) is 0.0141. The molecule has 5 amide bonds. The normalized spacial score (nSPS) is 12.2. The highest BCUT2D eigenvalue weighted by atomic mass is 32.1. The minimum Gasteiger partial charge on any atom is -0.486 e. The van der Waals surface area contributed by atoms with Crippen molar-refractivity contribution < 1.29 is 87.0 Å². The number of methoxy groups -OCH3 is 1. The molecule has 0 spiro atoms. The molecular formula is C114H95F10N11O10S. The van der Waals surface area contributed by atoms with E-state index in [4.69, 9.17) is 14.2 Å². The first-order valence-corrected chi connectivity index (χ1v) is 47.1. The summed E-state index contributed by atoms with van der Waals surface area (Å²) in [7, 11) is 1.57. The van der Waals surface area contributed by atoms with E-state index in [9.17, 15) is 78.0 Å². The van der Waals surface area contributed by atoms with E-state index in [-0.39, 0.29) is 73.5 Å². The number of thiophene rings is 1. The summed E-state index contributed by atoms with van der Waals surface area (Å²) in [6.07, 6.45) is 8.82. The summed E-state index contributed by atoms with van der Waals surface area (Å²) in [6.45, 7) is 9.15. The van der Waals surface area contributed by atoms with Crippen LogP contribution < -0.4 is 36.1 Å². The molecule has 0 radical (unpaired) electrons. The average molecular weight is 2000 g/mol. The molecule has 19 aromatic rings. The van der Waals surface area contributed by atoms with Gasteiger partial charge in [0.15, 0.2) is 11.5 Å². The second-order valence-corrected chi connectivity index (χ2v) is 36.0. The van der Waals surface area contributed by atoms with Crippen LogP contribution in [0.25, 0.3) is 54.5 Å². The number of nitrogens with one attached hydrogen (secondary N) is 5. The van der Waals surface area contributed by atoms with Crippen LogP contribution in [-0.4, -0.2) is 96.8 Å². The third kappa shape index (κ3) is 25.5. The third-order valence-corrected chi connectivity index (χ3v) is 25.3. The predicted octanol–water partition coefficient (Wildman–Crippen LogP) is 23.8. The van der Waals surface area contributed by atoms with E-state index in [0.29, 0.717) is 107 Å². The lowest BCUT2D eigenvalue weighted by Gasteiger charge is -2.27. The maximum Gasteiger partial charge on any atom is 0.269 e. The lowest BCUT2D eigenvalue weighted by Crippen LogP contribution is -2.40. The highest BCUT2D eigenvalue weighted by Gasteiger charge is 2.27. The number of hydrogen-bond donors (Lipinski definition) is 5. The van der Waals surface area contributed by atoms with Gasteiger partial charge in [-0.3, -0.25) is 34.1 Å². The Kier molecular flexibility index (Phi) is 32.3. The first-order valence-electron chi connectivity index (χ1n) is 46.2.